The minimum Gasteiger partial charge on any atom is -0.497 e. The highest BCUT2D eigenvalue weighted by Gasteiger charge is 2.14. The molecule has 0 saturated heterocycles. The van der Waals surface area contributed by atoms with Crippen molar-refractivity contribution < 1.29 is 19.1 Å². The molecule has 0 spiro atoms. The highest BCUT2D eigenvalue weighted by molar-refractivity contribution is 7.99. The molecular formula is C24H23N5O4S. The lowest BCUT2D eigenvalue weighted by Gasteiger charge is -2.11. The van der Waals surface area contributed by atoms with Crippen molar-refractivity contribution in [3.63, 3.8) is 0 Å². The van der Waals surface area contributed by atoms with Crippen molar-refractivity contribution in [2.24, 2.45) is 0 Å². The number of benzene rings is 2. The first-order valence-corrected chi connectivity index (χ1v) is 11.3. The summed E-state index contributed by atoms with van der Waals surface area (Å²) in [5, 5.41) is 14.5. The Kier molecular flexibility index (Phi) is 6.98. The Hall–Kier alpha value is -4.05. The molecule has 4 aromatic rings. The Bertz CT molecular complexity index is 1340. The van der Waals surface area contributed by atoms with Gasteiger partial charge in [0.25, 0.3) is 5.91 Å². The molecular weight excluding hydrogens is 454 g/mol. The lowest BCUT2D eigenvalue weighted by molar-refractivity contribution is -0.113. The van der Waals surface area contributed by atoms with Crippen LogP contribution in [0.4, 0.5) is 11.4 Å². The second-order valence-electron chi connectivity index (χ2n) is 7.35. The lowest BCUT2D eigenvalue weighted by Crippen LogP contribution is -2.15. The van der Waals surface area contributed by atoms with Crippen molar-refractivity contribution in [2.75, 3.05) is 30.6 Å². The molecule has 34 heavy (non-hydrogen) atoms. The number of nitrogens with zero attached hydrogens (tertiary/aromatic N) is 3. The van der Waals surface area contributed by atoms with Crippen LogP contribution in [0.3, 0.4) is 0 Å². The quantitative estimate of drug-likeness (QED) is 0.369. The first-order chi connectivity index (χ1) is 16.5. The van der Waals surface area contributed by atoms with Gasteiger partial charge in [0.2, 0.25) is 5.91 Å². The van der Waals surface area contributed by atoms with Crippen LogP contribution in [-0.2, 0) is 4.79 Å². The van der Waals surface area contributed by atoms with Gasteiger partial charge in [-0.1, -0.05) is 29.5 Å². The van der Waals surface area contributed by atoms with Gasteiger partial charge < -0.3 is 20.1 Å². The number of pyridine rings is 1. The molecule has 174 valence electrons. The standard InChI is InChI=1S/C24H23N5O4S/c1-15-4-7-17(8-5-15)25-23(31)16-6-11-21-27-28-24(29(21)13-16)34-14-22(30)26-19-12-18(32-2)9-10-20(19)33-3/h4-13H,14H2,1-3H3,(H,25,31)(H,26,30). The lowest BCUT2D eigenvalue weighted by atomic mass is 10.2. The van der Waals surface area contributed by atoms with Crippen molar-refractivity contribution in [3.05, 3.63) is 71.9 Å². The Morgan fingerprint density at radius 1 is 0.971 bits per heavy atom. The van der Waals surface area contributed by atoms with Gasteiger partial charge in [-0.25, -0.2) is 0 Å². The SMILES string of the molecule is COc1ccc(OC)c(NC(=O)CSc2nnc3ccc(C(=O)Nc4ccc(C)cc4)cn23)c1. The normalized spacial score (nSPS) is 10.7. The first-order valence-electron chi connectivity index (χ1n) is 10.3. The van der Waals surface area contributed by atoms with Crippen LogP contribution in [0, 0.1) is 6.92 Å². The van der Waals surface area contributed by atoms with Gasteiger partial charge in [0.1, 0.15) is 11.5 Å². The molecule has 10 heteroatoms. The van der Waals surface area contributed by atoms with Crippen LogP contribution in [-0.4, -0.2) is 46.4 Å². The molecule has 0 unspecified atom stereocenters. The van der Waals surface area contributed by atoms with E-state index in [-0.39, 0.29) is 17.6 Å². The average molecular weight is 478 g/mol. The number of amides is 2. The third kappa shape index (κ3) is 5.29. The molecule has 4 rings (SSSR count). The Morgan fingerprint density at radius 2 is 1.76 bits per heavy atom. The maximum Gasteiger partial charge on any atom is 0.257 e. The number of ether oxygens (including phenoxy) is 2. The number of fused-ring (bicyclic) bond motifs is 1. The van der Waals surface area contributed by atoms with Crippen LogP contribution in [0.5, 0.6) is 11.5 Å². The zero-order valence-corrected chi connectivity index (χ0v) is 19.7. The van der Waals surface area contributed by atoms with E-state index in [4.69, 9.17) is 9.47 Å². The second kappa shape index (κ2) is 10.3. The number of anilines is 2. The highest BCUT2D eigenvalue weighted by atomic mass is 32.2. The van der Waals surface area contributed by atoms with Gasteiger partial charge in [0.05, 0.1) is 31.2 Å². The van der Waals surface area contributed by atoms with E-state index in [9.17, 15) is 9.59 Å². The minimum absolute atomic E-state index is 0.0843. The fourth-order valence-electron chi connectivity index (χ4n) is 3.17. The summed E-state index contributed by atoms with van der Waals surface area (Å²) in [4.78, 5) is 25.3. The van der Waals surface area contributed by atoms with E-state index in [2.05, 4.69) is 20.8 Å². The van der Waals surface area contributed by atoms with Gasteiger partial charge >= 0.3 is 0 Å². The van der Waals surface area contributed by atoms with Crippen LogP contribution < -0.4 is 20.1 Å². The maximum atomic E-state index is 12.7. The van der Waals surface area contributed by atoms with Gasteiger partial charge in [-0.2, -0.15) is 0 Å². The van der Waals surface area contributed by atoms with Crippen molar-refractivity contribution >= 4 is 40.6 Å². The van der Waals surface area contributed by atoms with Crippen LogP contribution in [0.25, 0.3) is 5.65 Å². The molecule has 0 aliphatic rings. The third-order valence-electron chi connectivity index (χ3n) is 4.96. The predicted octanol–water partition coefficient (Wildman–Crippen LogP) is 4.04. The molecule has 2 heterocycles. The summed E-state index contributed by atoms with van der Waals surface area (Å²) in [6.45, 7) is 1.98. The Labute approximate surface area is 200 Å². The van der Waals surface area contributed by atoms with Gasteiger partial charge in [0.15, 0.2) is 10.8 Å². The first kappa shape index (κ1) is 23.1. The van der Waals surface area contributed by atoms with E-state index in [1.54, 1.807) is 48.0 Å². The topological polar surface area (TPSA) is 107 Å². The molecule has 2 N–H and O–H groups in total. The zero-order chi connectivity index (χ0) is 24.1. The van der Waals surface area contributed by atoms with Gasteiger partial charge in [-0.3, -0.25) is 14.0 Å². The number of carbonyl (C=O) groups excluding carboxylic acids is 2. The molecule has 2 aromatic heterocycles. The minimum atomic E-state index is -0.252. The van der Waals surface area contributed by atoms with Crippen molar-refractivity contribution in [1.29, 1.82) is 0 Å². The summed E-state index contributed by atoms with van der Waals surface area (Å²) in [5.41, 5.74) is 3.34. The summed E-state index contributed by atoms with van der Waals surface area (Å²) in [5.74, 6) is 0.709. The van der Waals surface area contributed by atoms with Crippen molar-refractivity contribution in [1.82, 2.24) is 14.6 Å². The Balaban J connectivity index is 1.45. The molecule has 0 bridgehead atoms. The summed E-state index contributed by atoms with van der Waals surface area (Å²) >= 11 is 1.21. The second-order valence-corrected chi connectivity index (χ2v) is 8.29. The number of hydrogen-bond acceptors (Lipinski definition) is 7. The number of aromatic nitrogens is 3. The van der Waals surface area contributed by atoms with Crippen molar-refractivity contribution in [2.45, 2.75) is 12.1 Å². The van der Waals surface area contributed by atoms with E-state index >= 15 is 0 Å². The predicted molar refractivity (Wildman–Crippen MR) is 131 cm³/mol. The summed E-state index contributed by atoms with van der Waals surface area (Å²) < 4.78 is 12.2. The molecule has 2 aromatic carbocycles. The highest BCUT2D eigenvalue weighted by Crippen LogP contribution is 2.29. The van der Waals surface area contributed by atoms with E-state index in [0.717, 1.165) is 5.56 Å². The number of aryl methyl sites for hydroxylation is 1. The monoisotopic (exact) mass is 477 g/mol. The number of methoxy groups -OCH3 is 2. The van der Waals surface area contributed by atoms with Crippen LogP contribution >= 0.6 is 11.8 Å². The molecule has 2 amide bonds. The molecule has 0 atom stereocenters. The molecule has 9 nitrogen and oxygen atoms in total. The molecule has 0 fully saturated rings. The summed E-state index contributed by atoms with van der Waals surface area (Å²) in [6, 6.07) is 16.1. The number of carbonyl (C=O) groups is 2. The number of hydrogen-bond donors (Lipinski definition) is 2. The van der Waals surface area contributed by atoms with Crippen LogP contribution in [0.1, 0.15) is 15.9 Å². The fraction of sp³-hybridized carbons (Fsp3) is 0.167. The largest absolute Gasteiger partial charge is 0.497 e. The van der Waals surface area contributed by atoms with Gasteiger partial charge in [-0.15, -0.1) is 10.2 Å². The van der Waals surface area contributed by atoms with E-state index in [0.29, 0.717) is 39.2 Å². The summed E-state index contributed by atoms with van der Waals surface area (Å²) in [7, 11) is 3.08. The Morgan fingerprint density at radius 3 is 2.50 bits per heavy atom. The van der Waals surface area contributed by atoms with Crippen LogP contribution in [0.15, 0.2) is 66.0 Å². The molecule has 0 radical (unpaired) electrons. The average Bonchev–Trinajstić information content (AvgIpc) is 3.26. The van der Waals surface area contributed by atoms with Crippen LogP contribution in [0.2, 0.25) is 0 Å². The molecule has 0 saturated carbocycles. The fourth-order valence-corrected chi connectivity index (χ4v) is 3.89. The molecule has 0 aliphatic carbocycles. The van der Waals surface area contributed by atoms with Gasteiger partial charge in [-0.05, 0) is 43.3 Å². The smallest absolute Gasteiger partial charge is 0.257 e. The van der Waals surface area contributed by atoms with Crippen molar-refractivity contribution in [3.8, 4) is 11.5 Å². The van der Waals surface area contributed by atoms with E-state index < -0.39 is 0 Å². The molecule has 0 aliphatic heterocycles. The van der Waals surface area contributed by atoms with E-state index in [1.807, 2.05) is 31.2 Å². The number of nitrogens with one attached hydrogen (secondary N) is 2. The third-order valence-corrected chi connectivity index (χ3v) is 5.90. The zero-order valence-electron chi connectivity index (χ0n) is 18.9. The van der Waals surface area contributed by atoms with E-state index in [1.165, 1.54) is 18.9 Å². The number of rotatable bonds is 8. The maximum absolute atomic E-state index is 12.7. The summed E-state index contributed by atoms with van der Waals surface area (Å²) in [6.07, 6.45) is 1.66. The number of thioether (sulfide) groups is 1. The van der Waals surface area contributed by atoms with Gasteiger partial charge in [0, 0.05) is 18.0 Å².